The molecular formula is C23H30N2O3S. The third-order valence-electron chi connectivity index (χ3n) is 5.62. The van der Waals surface area contributed by atoms with Crippen LogP contribution in [0, 0.1) is 19.8 Å². The molecule has 29 heavy (non-hydrogen) atoms. The van der Waals surface area contributed by atoms with E-state index in [0.29, 0.717) is 19.4 Å². The first-order chi connectivity index (χ1) is 13.8. The van der Waals surface area contributed by atoms with E-state index >= 15 is 0 Å². The third-order valence-corrected chi connectivity index (χ3v) is 7.50. The van der Waals surface area contributed by atoms with E-state index in [1.54, 1.807) is 24.3 Å². The Hall–Kier alpha value is -2.18. The van der Waals surface area contributed by atoms with Crippen LogP contribution >= 0.6 is 0 Å². The highest BCUT2D eigenvalue weighted by Crippen LogP contribution is 2.25. The number of aryl methyl sites for hydroxylation is 2. The van der Waals surface area contributed by atoms with E-state index < -0.39 is 10.0 Å². The van der Waals surface area contributed by atoms with Crippen molar-refractivity contribution in [3.05, 3.63) is 65.2 Å². The predicted molar refractivity (Wildman–Crippen MR) is 115 cm³/mol. The topological polar surface area (TPSA) is 66.5 Å². The Labute approximate surface area is 174 Å². The molecule has 1 fully saturated rings. The summed E-state index contributed by atoms with van der Waals surface area (Å²) in [4.78, 5) is 13.2. The fraction of sp³-hybridized carbons (Fsp3) is 0.435. The number of sulfonamides is 1. The molecule has 2 atom stereocenters. The van der Waals surface area contributed by atoms with E-state index in [-0.39, 0.29) is 29.3 Å². The van der Waals surface area contributed by atoms with E-state index in [1.165, 1.54) is 9.87 Å². The highest BCUT2D eigenvalue weighted by Gasteiger charge is 2.33. The van der Waals surface area contributed by atoms with E-state index in [2.05, 4.69) is 5.32 Å². The van der Waals surface area contributed by atoms with Crippen molar-refractivity contribution >= 4 is 15.9 Å². The molecule has 0 saturated carbocycles. The van der Waals surface area contributed by atoms with Gasteiger partial charge in [0.1, 0.15) is 0 Å². The molecule has 1 amide bonds. The number of carbonyl (C=O) groups excluding carboxylic acids is 1. The number of amides is 1. The van der Waals surface area contributed by atoms with Gasteiger partial charge in [-0.3, -0.25) is 4.79 Å². The molecule has 3 rings (SSSR count). The van der Waals surface area contributed by atoms with Crippen molar-refractivity contribution in [2.45, 2.75) is 51.0 Å². The van der Waals surface area contributed by atoms with Crippen LogP contribution in [0.4, 0.5) is 0 Å². The zero-order valence-corrected chi connectivity index (χ0v) is 18.2. The van der Waals surface area contributed by atoms with Gasteiger partial charge in [-0.2, -0.15) is 4.31 Å². The zero-order chi connectivity index (χ0) is 21.0. The van der Waals surface area contributed by atoms with E-state index in [0.717, 1.165) is 17.5 Å². The van der Waals surface area contributed by atoms with E-state index in [1.807, 2.05) is 45.0 Å². The summed E-state index contributed by atoms with van der Waals surface area (Å²) in [5, 5.41) is 3.13. The van der Waals surface area contributed by atoms with Crippen molar-refractivity contribution in [1.29, 1.82) is 0 Å². The maximum atomic E-state index is 13.0. The highest BCUT2D eigenvalue weighted by atomic mass is 32.2. The zero-order valence-electron chi connectivity index (χ0n) is 17.4. The molecule has 2 aromatic rings. The summed E-state index contributed by atoms with van der Waals surface area (Å²) >= 11 is 0. The van der Waals surface area contributed by atoms with Gasteiger partial charge in [-0.05, 0) is 50.8 Å². The lowest BCUT2D eigenvalue weighted by Gasteiger charge is -2.32. The molecule has 0 radical (unpaired) electrons. The molecule has 2 aromatic carbocycles. The van der Waals surface area contributed by atoms with Crippen molar-refractivity contribution in [3.63, 3.8) is 0 Å². The molecule has 1 heterocycles. The largest absolute Gasteiger partial charge is 0.349 e. The first-order valence-electron chi connectivity index (χ1n) is 10.2. The normalized spacial score (nSPS) is 18.9. The van der Waals surface area contributed by atoms with E-state index in [9.17, 15) is 13.2 Å². The molecule has 6 heteroatoms. The number of piperidine rings is 1. The standard InChI is InChI=1S/C23H30N2O3S/c1-4-22(19-11-7-17(2)8-12-19)24-23(26)20-6-5-15-25(16-20)29(27,28)21-13-9-18(3)10-14-21/h7-14,20,22H,4-6,15-16H2,1-3H3,(H,24,26)/t20-,22-/m0/s1. The maximum absolute atomic E-state index is 13.0. The maximum Gasteiger partial charge on any atom is 0.243 e. The monoisotopic (exact) mass is 414 g/mol. The summed E-state index contributed by atoms with van der Waals surface area (Å²) < 4.78 is 27.4. The van der Waals surface area contributed by atoms with Crippen LogP contribution in [0.15, 0.2) is 53.4 Å². The second-order valence-corrected chi connectivity index (χ2v) is 9.83. The van der Waals surface area contributed by atoms with Crippen LogP contribution in [-0.2, 0) is 14.8 Å². The number of rotatable bonds is 6. The summed E-state index contributed by atoms with van der Waals surface area (Å²) in [5.41, 5.74) is 3.27. The molecule has 1 aliphatic rings. The average Bonchev–Trinajstić information content (AvgIpc) is 2.73. The fourth-order valence-electron chi connectivity index (χ4n) is 3.74. The van der Waals surface area contributed by atoms with Gasteiger partial charge in [0, 0.05) is 13.1 Å². The highest BCUT2D eigenvalue weighted by molar-refractivity contribution is 7.89. The van der Waals surface area contributed by atoms with Crippen molar-refractivity contribution in [3.8, 4) is 0 Å². The van der Waals surface area contributed by atoms with Crippen LogP contribution < -0.4 is 5.32 Å². The minimum Gasteiger partial charge on any atom is -0.349 e. The molecule has 0 bridgehead atoms. The van der Waals surface area contributed by atoms with Crippen molar-refractivity contribution in [2.24, 2.45) is 5.92 Å². The number of hydrogen-bond donors (Lipinski definition) is 1. The van der Waals surface area contributed by atoms with Gasteiger partial charge in [-0.1, -0.05) is 54.4 Å². The SMILES string of the molecule is CC[C@H](NC(=O)[C@H]1CCCN(S(=O)(=O)c2ccc(C)cc2)C1)c1ccc(C)cc1. The molecule has 1 saturated heterocycles. The van der Waals surface area contributed by atoms with Crippen molar-refractivity contribution in [1.82, 2.24) is 9.62 Å². The van der Waals surface area contributed by atoms with Crippen molar-refractivity contribution < 1.29 is 13.2 Å². The third kappa shape index (κ3) is 5.06. The summed E-state index contributed by atoms with van der Waals surface area (Å²) in [5.74, 6) is -0.398. The fourth-order valence-corrected chi connectivity index (χ4v) is 5.27. The molecule has 1 aliphatic heterocycles. The molecule has 5 nitrogen and oxygen atoms in total. The van der Waals surface area contributed by atoms with Crippen molar-refractivity contribution in [2.75, 3.05) is 13.1 Å². The number of hydrogen-bond acceptors (Lipinski definition) is 3. The lowest BCUT2D eigenvalue weighted by Crippen LogP contribution is -2.46. The van der Waals surface area contributed by atoms with Gasteiger partial charge in [0.25, 0.3) is 0 Å². The summed E-state index contributed by atoms with van der Waals surface area (Å²) in [7, 11) is -3.58. The first kappa shape index (κ1) is 21.5. The summed E-state index contributed by atoms with van der Waals surface area (Å²) in [6.07, 6.45) is 2.17. The van der Waals surface area contributed by atoms with Gasteiger partial charge in [-0.25, -0.2) is 8.42 Å². The Morgan fingerprint density at radius 1 is 1.07 bits per heavy atom. The second kappa shape index (κ2) is 9.09. The van der Waals surface area contributed by atoms with Gasteiger partial charge < -0.3 is 5.32 Å². The number of benzene rings is 2. The second-order valence-electron chi connectivity index (χ2n) is 7.90. The number of nitrogens with one attached hydrogen (secondary N) is 1. The van der Waals surface area contributed by atoms with Gasteiger partial charge in [0.05, 0.1) is 16.9 Å². The van der Waals surface area contributed by atoms with Crippen LogP contribution in [-0.4, -0.2) is 31.7 Å². The average molecular weight is 415 g/mol. The Bertz CT molecular complexity index is 937. The van der Waals surface area contributed by atoms with Gasteiger partial charge >= 0.3 is 0 Å². The minimum atomic E-state index is -3.58. The minimum absolute atomic E-state index is 0.0628. The number of carbonyl (C=O) groups is 1. The van der Waals surface area contributed by atoms with Crippen LogP contribution in [0.2, 0.25) is 0 Å². The van der Waals surface area contributed by atoms with E-state index in [4.69, 9.17) is 0 Å². The lowest BCUT2D eigenvalue weighted by molar-refractivity contribution is -0.126. The predicted octanol–water partition coefficient (Wildman–Crippen LogP) is 3.97. The molecule has 1 N–H and O–H groups in total. The summed E-state index contributed by atoms with van der Waals surface area (Å²) in [6.45, 7) is 6.69. The Morgan fingerprint density at radius 3 is 2.24 bits per heavy atom. The van der Waals surface area contributed by atoms with Crippen LogP contribution in [0.1, 0.15) is 48.9 Å². The molecule has 0 aromatic heterocycles. The van der Waals surface area contributed by atoms with Crippen LogP contribution in [0.5, 0.6) is 0 Å². The number of nitrogens with zero attached hydrogens (tertiary/aromatic N) is 1. The smallest absolute Gasteiger partial charge is 0.243 e. The molecule has 0 unspecified atom stereocenters. The first-order valence-corrected chi connectivity index (χ1v) is 11.7. The summed E-state index contributed by atoms with van der Waals surface area (Å²) in [6, 6.07) is 15.0. The Balaban J connectivity index is 1.70. The molecular weight excluding hydrogens is 384 g/mol. The molecule has 0 spiro atoms. The van der Waals surface area contributed by atoms with Crippen LogP contribution in [0.3, 0.4) is 0 Å². The Morgan fingerprint density at radius 2 is 1.66 bits per heavy atom. The molecule has 156 valence electrons. The quantitative estimate of drug-likeness (QED) is 0.778. The Kier molecular flexibility index (Phi) is 6.75. The molecule has 0 aliphatic carbocycles. The van der Waals surface area contributed by atoms with Gasteiger partial charge in [0.15, 0.2) is 0 Å². The van der Waals surface area contributed by atoms with Gasteiger partial charge in [-0.15, -0.1) is 0 Å². The van der Waals surface area contributed by atoms with Crippen LogP contribution in [0.25, 0.3) is 0 Å². The lowest BCUT2D eigenvalue weighted by atomic mass is 9.97. The van der Waals surface area contributed by atoms with Gasteiger partial charge in [0.2, 0.25) is 15.9 Å².